The highest BCUT2D eigenvalue weighted by Crippen LogP contribution is 2.30. The maximum atomic E-state index is 6.26. The minimum absolute atomic E-state index is 0.219. The number of benzene rings is 2. The lowest BCUT2D eigenvalue weighted by Gasteiger charge is -2.16. The second-order valence-corrected chi connectivity index (χ2v) is 5.91. The van der Waals surface area contributed by atoms with Crippen molar-refractivity contribution in [2.45, 2.75) is 39.4 Å². The van der Waals surface area contributed by atoms with Gasteiger partial charge in [-0.2, -0.15) is 0 Å². The van der Waals surface area contributed by atoms with Crippen molar-refractivity contribution in [1.82, 2.24) is 0 Å². The van der Waals surface area contributed by atoms with E-state index < -0.39 is 0 Å². The van der Waals surface area contributed by atoms with Crippen LogP contribution < -0.4 is 9.47 Å². The molecule has 0 N–H and O–H groups in total. The third kappa shape index (κ3) is 4.82. The Morgan fingerprint density at radius 3 is 2.23 bits per heavy atom. The zero-order valence-corrected chi connectivity index (χ0v) is 14.3. The summed E-state index contributed by atoms with van der Waals surface area (Å²) in [6.45, 7) is 4.67. The third-order valence-corrected chi connectivity index (χ3v) is 3.97. The molecular formula is C18H20Cl2O2. The molecule has 0 spiro atoms. The molecule has 22 heavy (non-hydrogen) atoms. The highest BCUT2D eigenvalue weighted by molar-refractivity contribution is 6.32. The van der Waals surface area contributed by atoms with Gasteiger partial charge < -0.3 is 9.47 Å². The van der Waals surface area contributed by atoms with Crippen LogP contribution in [0, 0.1) is 0 Å². The van der Waals surface area contributed by atoms with Crippen molar-refractivity contribution in [1.29, 1.82) is 0 Å². The van der Waals surface area contributed by atoms with Crippen LogP contribution in [0.3, 0.4) is 0 Å². The Balaban J connectivity index is 1.98. The van der Waals surface area contributed by atoms with Crippen LogP contribution in [0.5, 0.6) is 11.5 Å². The van der Waals surface area contributed by atoms with E-state index in [0.29, 0.717) is 22.4 Å². The summed E-state index contributed by atoms with van der Waals surface area (Å²) in [6.07, 6.45) is 2.17. The molecule has 0 amide bonds. The zero-order chi connectivity index (χ0) is 15.9. The Hall–Kier alpha value is -1.38. The lowest BCUT2D eigenvalue weighted by molar-refractivity contribution is 0.192. The molecule has 0 aliphatic rings. The summed E-state index contributed by atoms with van der Waals surface area (Å²) in [5.74, 6) is 1.42. The molecule has 2 rings (SSSR count). The molecule has 0 aromatic heterocycles. The molecular weight excluding hydrogens is 319 g/mol. The molecule has 0 saturated carbocycles. The normalized spacial score (nSPS) is 10.8. The van der Waals surface area contributed by atoms with E-state index in [-0.39, 0.29) is 6.10 Å². The van der Waals surface area contributed by atoms with Gasteiger partial charge in [0, 0.05) is 11.1 Å². The fraction of sp³-hybridized carbons (Fsp3) is 0.333. The molecule has 118 valence electrons. The van der Waals surface area contributed by atoms with Crippen molar-refractivity contribution < 1.29 is 9.47 Å². The van der Waals surface area contributed by atoms with Gasteiger partial charge in [0.15, 0.2) is 0 Å². The molecule has 0 saturated heterocycles. The fourth-order valence-corrected chi connectivity index (χ4v) is 2.41. The van der Waals surface area contributed by atoms with Crippen LogP contribution in [-0.4, -0.2) is 6.10 Å². The Labute approximate surface area is 142 Å². The van der Waals surface area contributed by atoms with Crippen LogP contribution in [0.25, 0.3) is 0 Å². The SMILES string of the molecule is CCC(CC)Oc1ccc(OCc2ccc(Cl)cc2)c(Cl)c1. The molecule has 2 aromatic rings. The largest absolute Gasteiger partial charge is 0.490 e. The quantitative estimate of drug-likeness (QED) is 0.603. The molecule has 0 aliphatic heterocycles. The van der Waals surface area contributed by atoms with Gasteiger partial charge in [0.25, 0.3) is 0 Å². The van der Waals surface area contributed by atoms with E-state index in [1.54, 1.807) is 6.07 Å². The molecule has 4 heteroatoms. The number of rotatable bonds is 7. The van der Waals surface area contributed by atoms with Crippen LogP contribution in [-0.2, 0) is 6.61 Å². The monoisotopic (exact) mass is 338 g/mol. The van der Waals surface area contributed by atoms with E-state index in [0.717, 1.165) is 24.2 Å². The van der Waals surface area contributed by atoms with Gasteiger partial charge in [0.1, 0.15) is 18.1 Å². The lowest BCUT2D eigenvalue weighted by Crippen LogP contribution is -2.13. The first-order valence-corrected chi connectivity index (χ1v) is 8.21. The second kappa shape index (κ2) is 8.30. The molecule has 0 unspecified atom stereocenters. The van der Waals surface area contributed by atoms with E-state index in [2.05, 4.69) is 13.8 Å². The maximum absolute atomic E-state index is 6.26. The minimum Gasteiger partial charge on any atom is -0.490 e. The smallest absolute Gasteiger partial charge is 0.138 e. The minimum atomic E-state index is 0.219. The second-order valence-electron chi connectivity index (χ2n) is 5.06. The standard InChI is InChI=1S/C18H20Cl2O2/c1-3-15(4-2)22-16-9-10-18(17(20)11-16)21-12-13-5-7-14(19)8-6-13/h5-11,15H,3-4,12H2,1-2H3. The molecule has 0 heterocycles. The first-order valence-electron chi connectivity index (χ1n) is 7.45. The summed E-state index contributed by atoms with van der Waals surface area (Å²) >= 11 is 12.1. The van der Waals surface area contributed by atoms with Crippen molar-refractivity contribution >= 4 is 23.2 Å². The summed E-state index contributed by atoms with van der Waals surface area (Å²) in [4.78, 5) is 0. The topological polar surface area (TPSA) is 18.5 Å². The van der Waals surface area contributed by atoms with Crippen molar-refractivity contribution in [3.05, 3.63) is 58.1 Å². The molecule has 0 fully saturated rings. The van der Waals surface area contributed by atoms with Crippen LogP contribution in [0.1, 0.15) is 32.3 Å². The van der Waals surface area contributed by atoms with E-state index in [1.807, 2.05) is 36.4 Å². The van der Waals surface area contributed by atoms with E-state index >= 15 is 0 Å². The van der Waals surface area contributed by atoms with Crippen LogP contribution in [0.15, 0.2) is 42.5 Å². The Morgan fingerprint density at radius 1 is 0.955 bits per heavy atom. The van der Waals surface area contributed by atoms with Gasteiger partial charge in [0.2, 0.25) is 0 Å². The van der Waals surface area contributed by atoms with Crippen molar-refractivity contribution in [2.24, 2.45) is 0 Å². The zero-order valence-electron chi connectivity index (χ0n) is 12.8. The van der Waals surface area contributed by atoms with Crippen molar-refractivity contribution in [2.75, 3.05) is 0 Å². The van der Waals surface area contributed by atoms with Gasteiger partial charge in [-0.1, -0.05) is 49.2 Å². The van der Waals surface area contributed by atoms with Crippen molar-refractivity contribution in [3.8, 4) is 11.5 Å². The molecule has 2 aromatic carbocycles. The summed E-state index contributed by atoms with van der Waals surface area (Å²) in [6, 6.07) is 13.1. The van der Waals surface area contributed by atoms with Gasteiger partial charge in [-0.15, -0.1) is 0 Å². The summed E-state index contributed by atoms with van der Waals surface area (Å²) in [5.41, 5.74) is 1.04. The predicted octanol–water partition coefficient (Wildman–Crippen LogP) is 6.14. The average molecular weight is 339 g/mol. The molecule has 0 bridgehead atoms. The van der Waals surface area contributed by atoms with Gasteiger partial charge in [0.05, 0.1) is 11.1 Å². The van der Waals surface area contributed by atoms with Crippen molar-refractivity contribution in [3.63, 3.8) is 0 Å². The Kier molecular flexibility index (Phi) is 6.41. The number of halogens is 2. The van der Waals surface area contributed by atoms with Gasteiger partial charge in [-0.3, -0.25) is 0 Å². The van der Waals surface area contributed by atoms with Crippen LogP contribution in [0.2, 0.25) is 10.0 Å². The molecule has 2 nitrogen and oxygen atoms in total. The third-order valence-electron chi connectivity index (χ3n) is 3.42. The maximum Gasteiger partial charge on any atom is 0.138 e. The highest BCUT2D eigenvalue weighted by atomic mass is 35.5. The first kappa shape index (κ1) is 17.0. The van der Waals surface area contributed by atoms with Gasteiger partial charge in [-0.25, -0.2) is 0 Å². The van der Waals surface area contributed by atoms with Crippen LogP contribution >= 0.6 is 23.2 Å². The number of ether oxygens (including phenoxy) is 2. The van der Waals surface area contributed by atoms with Gasteiger partial charge >= 0.3 is 0 Å². The summed E-state index contributed by atoms with van der Waals surface area (Å²) < 4.78 is 11.6. The first-order chi connectivity index (χ1) is 10.6. The lowest BCUT2D eigenvalue weighted by atomic mass is 10.2. The molecule has 0 radical (unpaired) electrons. The van der Waals surface area contributed by atoms with E-state index in [1.165, 1.54) is 0 Å². The summed E-state index contributed by atoms with van der Waals surface area (Å²) in [7, 11) is 0. The van der Waals surface area contributed by atoms with E-state index in [4.69, 9.17) is 32.7 Å². The molecule has 0 atom stereocenters. The number of hydrogen-bond acceptors (Lipinski definition) is 2. The highest BCUT2D eigenvalue weighted by Gasteiger charge is 2.08. The van der Waals surface area contributed by atoms with E-state index in [9.17, 15) is 0 Å². The fourth-order valence-electron chi connectivity index (χ4n) is 2.06. The number of hydrogen-bond donors (Lipinski definition) is 0. The van der Waals surface area contributed by atoms with Gasteiger partial charge in [-0.05, 0) is 42.7 Å². The Morgan fingerprint density at radius 2 is 1.64 bits per heavy atom. The summed E-state index contributed by atoms with van der Waals surface area (Å²) in [5, 5.41) is 1.27. The predicted molar refractivity (Wildman–Crippen MR) is 92.2 cm³/mol. The average Bonchev–Trinajstić information content (AvgIpc) is 2.53. The molecule has 0 aliphatic carbocycles. The Bertz CT molecular complexity index is 593. The van der Waals surface area contributed by atoms with Crippen LogP contribution in [0.4, 0.5) is 0 Å².